The molecule has 0 aliphatic carbocycles. The monoisotopic (exact) mass is 392 g/mol. The standard InChI is InChI=1S/C22H36N2O4/c1-5-15-24(17-14-23-21(26)28-22(2,3)4)16-10-9-13-20(25)27-18-19-11-7-6-8-12-19/h6-8,11-12H,5,9-10,13-18H2,1-4H3,(H,23,26). The fourth-order valence-corrected chi connectivity index (χ4v) is 2.70. The molecule has 0 fully saturated rings. The smallest absolute Gasteiger partial charge is 0.407 e. The summed E-state index contributed by atoms with van der Waals surface area (Å²) in [6, 6.07) is 9.70. The summed E-state index contributed by atoms with van der Waals surface area (Å²) in [6.45, 7) is 11.2. The number of benzene rings is 1. The molecule has 0 saturated carbocycles. The van der Waals surface area contributed by atoms with Crippen LogP contribution in [0.25, 0.3) is 0 Å². The average molecular weight is 393 g/mol. The van der Waals surface area contributed by atoms with Crippen LogP contribution in [0.3, 0.4) is 0 Å². The van der Waals surface area contributed by atoms with Gasteiger partial charge < -0.3 is 19.7 Å². The van der Waals surface area contributed by atoms with Crippen LogP contribution in [0.2, 0.25) is 0 Å². The molecule has 0 unspecified atom stereocenters. The van der Waals surface area contributed by atoms with Crippen molar-refractivity contribution in [2.45, 2.75) is 65.6 Å². The van der Waals surface area contributed by atoms with Crippen LogP contribution in [0, 0.1) is 0 Å². The molecule has 1 aromatic rings. The lowest BCUT2D eigenvalue weighted by atomic mass is 10.2. The third-order valence-corrected chi connectivity index (χ3v) is 3.98. The zero-order valence-electron chi connectivity index (χ0n) is 17.8. The van der Waals surface area contributed by atoms with Crippen molar-refractivity contribution in [3.8, 4) is 0 Å². The number of esters is 1. The molecular weight excluding hydrogens is 356 g/mol. The summed E-state index contributed by atoms with van der Waals surface area (Å²) in [5.74, 6) is -0.155. The maximum absolute atomic E-state index is 11.9. The Morgan fingerprint density at radius 2 is 1.75 bits per heavy atom. The molecule has 1 rings (SSSR count). The number of unbranched alkanes of at least 4 members (excludes halogenated alkanes) is 1. The van der Waals surface area contributed by atoms with Crippen molar-refractivity contribution in [3.05, 3.63) is 35.9 Å². The Balaban J connectivity index is 2.16. The van der Waals surface area contributed by atoms with Gasteiger partial charge in [0.1, 0.15) is 12.2 Å². The lowest BCUT2D eigenvalue weighted by Gasteiger charge is -2.23. The van der Waals surface area contributed by atoms with Crippen LogP contribution in [0.4, 0.5) is 4.79 Å². The second-order valence-electron chi connectivity index (χ2n) is 7.87. The van der Waals surface area contributed by atoms with E-state index in [0.29, 0.717) is 19.6 Å². The number of nitrogens with one attached hydrogen (secondary N) is 1. The van der Waals surface area contributed by atoms with Crippen LogP contribution in [0.5, 0.6) is 0 Å². The van der Waals surface area contributed by atoms with Crippen LogP contribution in [-0.4, -0.2) is 48.7 Å². The molecule has 158 valence electrons. The summed E-state index contributed by atoms with van der Waals surface area (Å²) < 4.78 is 10.5. The molecular formula is C22H36N2O4. The van der Waals surface area contributed by atoms with E-state index in [9.17, 15) is 9.59 Å². The van der Waals surface area contributed by atoms with Crippen LogP contribution in [0.15, 0.2) is 30.3 Å². The van der Waals surface area contributed by atoms with Gasteiger partial charge in [0.25, 0.3) is 0 Å². The lowest BCUT2D eigenvalue weighted by Crippen LogP contribution is -2.38. The molecule has 6 heteroatoms. The Morgan fingerprint density at radius 1 is 1.04 bits per heavy atom. The number of carbonyl (C=O) groups excluding carboxylic acids is 2. The largest absolute Gasteiger partial charge is 0.461 e. The fraction of sp³-hybridized carbons (Fsp3) is 0.636. The Morgan fingerprint density at radius 3 is 2.39 bits per heavy atom. The van der Waals surface area contributed by atoms with E-state index in [1.54, 1.807) is 0 Å². The Hall–Kier alpha value is -2.08. The number of rotatable bonds is 12. The topological polar surface area (TPSA) is 67.9 Å². The van der Waals surface area contributed by atoms with Gasteiger partial charge >= 0.3 is 12.1 Å². The molecule has 0 aliphatic heterocycles. The lowest BCUT2D eigenvalue weighted by molar-refractivity contribution is -0.145. The number of nitrogens with zero attached hydrogens (tertiary/aromatic N) is 1. The average Bonchev–Trinajstić information content (AvgIpc) is 2.63. The van der Waals surface area contributed by atoms with Gasteiger partial charge in [0.15, 0.2) is 0 Å². The van der Waals surface area contributed by atoms with Crippen LogP contribution >= 0.6 is 0 Å². The summed E-state index contributed by atoms with van der Waals surface area (Å²) in [6.07, 6.45) is 2.82. The van der Waals surface area contributed by atoms with Crippen molar-refractivity contribution in [2.24, 2.45) is 0 Å². The molecule has 0 atom stereocenters. The van der Waals surface area contributed by atoms with Crippen LogP contribution < -0.4 is 5.32 Å². The minimum Gasteiger partial charge on any atom is -0.461 e. The first-order valence-electron chi connectivity index (χ1n) is 10.2. The molecule has 28 heavy (non-hydrogen) atoms. The highest BCUT2D eigenvalue weighted by Crippen LogP contribution is 2.07. The van der Waals surface area contributed by atoms with Gasteiger partial charge in [-0.2, -0.15) is 0 Å². The van der Waals surface area contributed by atoms with E-state index in [1.165, 1.54) is 0 Å². The van der Waals surface area contributed by atoms with Crippen molar-refractivity contribution in [1.29, 1.82) is 0 Å². The van der Waals surface area contributed by atoms with E-state index >= 15 is 0 Å². The predicted octanol–water partition coefficient (Wildman–Crippen LogP) is 4.14. The molecule has 0 bridgehead atoms. The van der Waals surface area contributed by atoms with Gasteiger partial charge in [-0.1, -0.05) is 37.3 Å². The van der Waals surface area contributed by atoms with Crippen molar-refractivity contribution < 1.29 is 19.1 Å². The van der Waals surface area contributed by atoms with E-state index in [4.69, 9.17) is 9.47 Å². The normalized spacial score (nSPS) is 11.3. The molecule has 1 amide bonds. The summed E-state index contributed by atoms with van der Waals surface area (Å²) >= 11 is 0. The number of hydrogen-bond donors (Lipinski definition) is 1. The van der Waals surface area contributed by atoms with E-state index in [0.717, 1.165) is 44.5 Å². The Bertz CT molecular complexity index is 570. The van der Waals surface area contributed by atoms with Gasteiger partial charge in [0, 0.05) is 19.5 Å². The molecule has 6 nitrogen and oxygen atoms in total. The number of ether oxygens (including phenoxy) is 2. The first-order chi connectivity index (χ1) is 13.3. The van der Waals surface area contributed by atoms with Gasteiger partial charge in [0.2, 0.25) is 0 Å². The maximum atomic E-state index is 11.9. The highest BCUT2D eigenvalue weighted by atomic mass is 16.6. The highest BCUT2D eigenvalue weighted by molar-refractivity contribution is 5.69. The molecule has 0 radical (unpaired) electrons. The van der Waals surface area contributed by atoms with Crippen LogP contribution in [-0.2, 0) is 20.9 Å². The van der Waals surface area contributed by atoms with Gasteiger partial charge in [-0.15, -0.1) is 0 Å². The second-order valence-corrected chi connectivity index (χ2v) is 7.87. The predicted molar refractivity (Wildman–Crippen MR) is 111 cm³/mol. The third kappa shape index (κ3) is 12.3. The van der Waals surface area contributed by atoms with E-state index < -0.39 is 5.60 Å². The minimum absolute atomic E-state index is 0.155. The second kappa shape index (κ2) is 13.2. The highest BCUT2D eigenvalue weighted by Gasteiger charge is 2.15. The van der Waals surface area contributed by atoms with Crippen LogP contribution in [0.1, 0.15) is 58.9 Å². The molecule has 0 heterocycles. The van der Waals surface area contributed by atoms with Gasteiger partial charge in [-0.3, -0.25) is 4.79 Å². The van der Waals surface area contributed by atoms with E-state index in [-0.39, 0.29) is 12.1 Å². The Labute approximate surface area is 169 Å². The molecule has 1 aromatic carbocycles. The summed E-state index contributed by atoms with van der Waals surface area (Å²) in [7, 11) is 0. The van der Waals surface area contributed by atoms with Crippen molar-refractivity contribution in [3.63, 3.8) is 0 Å². The van der Waals surface area contributed by atoms with E-state index in [2.05, 4.69) is 17.1 Å². The number of alkyl carbamates (subject to hydrolysis) is 1. The fourth-order valence-electron chi connectivity index (χ4n) is 2.70. The number of carbonyl (C=O) groups is 2. The molecule has 0 saturated heterocycles. The molecule has 1 N–H and O–H groups in total. The maximum Gasteiger partial charge on any atom is 0.407 e. The SMILES string of the molecule is CCCN(CCCCC(=O)OCc1ccccc1)CCNC(=O)OC(C)(C)C. The first kappa shape index (κ1) is 24.0. The minimum atomic E-state index is -0.484. The molecule has 0 aromatic heterocycles. The van der Waals surface area contributed by atoms with Gasteiger partial charge in [-0.05, 0) is 58.7 Å². The van der Waals surface area contributed by atoms with Gasteiger partial charge in [-0.25, -0.2) is 4.79 Å². The molecule has 0 aliphatic rings. The van der Waals surface area contributed by atoms with E-state index in [1.807, 2.05) is 51.1 Å². The zero-order valence-corrected chi connectivity index (χ0v) is 17.8. The van der Waals surface area contributed by atoms with Gasteiger partial charge in [0.05, 0.1) is 0 Å². The van der Waals surface area contributed by atoms with Crippen molar-refractivity contribution in [1.82, 2.24) is 10.2 Å². The number of hydrogen-bond acceptors (Lipinski definition) is 5. The number of amides is 1. The summed E-state index contributed by atoms with van der Waals surface area (Å²) in [5.41, 5.74) is 0.518. The Kier molecular flexibility index (Phi) is 11.3. The third-order valence-electron chi connectivity index (χ3n) is 3.98. The zero-order chi connectivity index (χ0) is 20.8. The first-order valence-corrected chi connectivity index (χ1v) is 10.2. The quantitative estimate of drug-likeness (QED) is 0.428. The summed E-state index contributed by atoms with van der Waals surface area (Å²) in [4.78, 5) is 25.8. The van der Waals surface area contributed by atoms with Crippen molar-refractivity contribution >= 4 is 12.1 Å². The molecule has 0 spiro atoms. The van der Waals surface area contributed by atoms with Crippen molar-refractivity contribution in [2.75, 3.05) is 26.2 Å². The summed E-state index contributed by atoms with van der Waals surface area (Å²) in [5, 5.41) is 2.79.